The van der Waals surface area contributed by atoms with Crippen LogP contribution in [0.2, 0.25) is 0 Å². The molecule has 104 valence electrons. The smallest absolute Gasteiger partial charge is 0.252 e. The van der Waals surface area contributed by atoms with Gasteiger partial charge in [-0.15, -0.1) is 0 Å². The van der Waals surface area contributed by atoms with E-state index in [-0.39, 0.29) is 17.2 Å². The van der Waals surface area contributed by atoms with Crippen molar-refractivity contribution in [3.05, 3.63) is 28.8 Å². The topological polar surface area (TPSA) is 51.2 Å². The molecule has 19 heavy (non-hydrogen) atoms. The number of aryl methyl sites for hydroxylation is 1. The molecule has 0 bridgehead atoms. The van der Waals surface area contributed by atoms with Crippen molar-refractivity contribution in [3.63, 3.8) is 0 Å². The molecule has 0 heterocycles. The summed E-state index contributed by atoms with van der Waals surface area (Å²) >= 11 is 5.51. The van der Waals surface area contributed by atoms with Gasteiger partial charge in [-0.25, -0.2) is 8.42 Å². The van der Waals surface area contributed by atoms with Gasteiger partial charge in [-0.2, -0.15) is 0 Å². The van der Waals surface area contributed by atoms with Crippen LogP contribution >= 0.6 is 11.6 Å². The lowest BCUT2D eigenvalue weighted by Gasteiger charge is -2.14. The van der Waals surface area contributed by atoms with Crippen molar-refractivity contribution in [1.82, 2.24) is 0 Å². The van der Waals surface area contributed by atoms with E-state index < -0.39 is 15.1 Å². The van der Waals surface area contributed by atoms with E-state index in [1.54, 1.807) is 19.1 Å². The Morgan fingerprint density at radius 3 is 2.47 bits per heavy atom. The molecule has 1 aliphatic rings. The Morgan fingerprint density at radius 1 is 1.37 bits per heavy atom. The quantitative estimate of drug-likeness (QED) is 0.785. The molecule has 0 spiro atoms. The average Bonchev–Trinajstić information content (AvgIpc) is 3.10. The molecule has 0 amide bonds. The molecule has 1 fully saturated rings. The van der Waals surface area contributed by atoms with Crippen LogP contribution in [0.5, 0.6) is 0 Å². The normalized spacial score (nSPS) is 15.5. The first kappa shape index (κ1) is 14.5. The van der Waals surface area contributed by atoms with Crippen molar-refractivity contribution in [2.45, 2.75) is 38.0 Å². The summed E-state index contributed by atoms with van der Waals surface area (Å²) in [5.74, 6) is 0.463. The minimum absolute atomic E-state index is 0.181. The first-order chi connectivity index (χ1) is 8.86. The van der Waals surface area contributed by atoms with Crippen LogP contribution in [0.4, 0.5) is 0 Å². The van der Waals surface area contributed by atoms with E-state index in [0.717, 1.165) is 18.4 Å². The predicted molar refractivity (Wildman–Crippen MR) is 75.5 cm³/mol. The van der Waals surface area contributed by atoms with Gasteiger partial charge >= 0.3 is 0 Å². The van der Waals surface area contributed by atoms with Gasteiger partial charge in [0, 0.05) is 5.56 Å². The van der Waals surface area contributed by atoms with Crippen LogP contribution in [-0.2, 0) is 16.3 Å². The molecule has 0 atom stereocenters. The maximum atomic E-state index is 12.5. The maximum absolute atomic E-state index is 12.5. The fourth-order valence-electron chi connectivity index (χ4n) is 2.35. The summed E-state index contributed by atoms with van der Waals surface area (Å²) in [7, 11) is -3.34. The molecule has 1 saturated carbocycles. The Balaban J connectivity index is 2.58. The van der Waals surface area contributed by atoms with E-state index in [4.69, 9.17) is 11.6 Å². The number of sulfone groups is 1. The zero-order valence-corrected chi connectivity index (χ0v) is 12.6. The van der Waals surface area contributed by atoms with Gasteiger partial charge < -0.3 is 0 Å². The first-order valence-electron chi connectivity index (χ1n) is 6.42. The zero-order chi connectivity index (χ0) is 14.2. The van der Waals surface area contributed by atoms with Crippen molar-refractivity contribution in [1.29, 1.82) is 0 Å². The summed E-state index contributed by atoms with van der Waals surface area (Å²) in [5.41, 5.74) is 1.54. The molecule has 0 saturated heterocycles. The van der Waals surface area contributed by atoms with E-state index in [9.17, 15) is 13.2 Å². The number of benzene rings is 1. The predicted octanol–water partition coefficient (Wildman–Crippen LogP) is 3.12. The highest BCUT2D eigenvalue weighted by atomic mass is 35.5. The fourth-order valence-corrected chi connectivity index (χ4v) is 4.86. The molecular weight excluding hydrogens is 284 g/mol. The zero-order valence-electron chi connectivity index (χ0n) is 11.1. The van der Waals surface area contributed by atoms with Gasteiger partial charge in [0.15, 0.2) is 9.84 Å². The van der Waals surface area contributed by atoms with E-state index in [2.05, 4.69) is 0 Å². The number of carbonyl (C=O) groups is 1. The Labute approximate surface area is 118 Å². The third-order valence-corrected chi connectivity index (χ3v) is 5.85. The van der Waals surface area contributed by atoms with Crippen molar-refractivity contribution in [3.8, 4) is 0 Å². The maximum Gasteiger partial charge on any atom is 0.252 e. The van der Waals surface area contributed by atoms with Gasteiger partial charge in [-0.1, -0.05) is 13.0 Å². The van der Waals surface area contributed by atoms with E-state index in [0.29, 0.717) is 16.9 Å². The van der Waals surface area contributed by atoms with Crippen LogP contribution in [0.25, 0.3) is 0 Å². The number of carbonyl (C=O) groups excluding carboxylic acids is 1. The van der Waals surface area contributed by atoms with Crippen LogP contribution in [-0.4, -0.2) is 19.4 Å². The second kappa shape index (κ2) is 5.25. The van der Waals surface area contributed by atoms with Gasteiger partial charge in [0.1, 0.15) is 0 Å². The first-order valence-corrected chi connectivity index (χ1v) is 8.45. The summed E-state index contributed by atoms with van der Waals surface area (Å²) in [6, 6.07) is 3.31. The van der Waals surface area contributed by atoms with Crippen LogP contribution in [0, 0.1) is 12.8 Å². The van der Waals surface area contributed by atoms with Gasteiger partial charge in [0.25, 0.3) is 5.24 Å². The summed E-state index contributed by atoms with van der Waals surface area (Å²) in [6.07, 6.45) is 2.58. The van der Waals surface area contributed by atoms with Gasteiger partial charge in [0.05, 0.1) is 10.6 Å². The molecule has 0 radical (unpaired) electrons. The molecule has 5 heteroatoms. The highest BCUT2D eigenvalue weighted by Gasteiger charge is 2.31. The molecular formula is C14H17ClO3S. The Bertz CT molecular complexity index is 616. The van der Waals surface area contributed by atoms with Crippen LogP contribution < -0.4 is 0 Å². The van der Waals surface area contributed by atoms with Crippen molar-refractivity contribution < 1.29 is 13.2 Å². The molecule has 1 aromatic rings. The summed E-state index contributed by atoms with van der Waals surface area (Å²) in [6.45, 7) is 3.57. The molecule has 2 rings (SSSR count). The Morgan fingerprint density at radius 2 is 2.00 bits per heavy atom. The summed E-state index contributed by atoms with van der Waals surface area (Å²) < 4.78 is 25.0. The van der Waals surface area contributed by atoms with Gasteiger partial charge in [-0.05, 0) is 60.9 Å². The van der Waals surface area contributed by atoms with Gasteiger partial charge in [-0.3, -0.25) is 4.79 Å². The van der Waals surface area contributed by atoms with Gasteiger partial charge in [0.2, 0.25) is 0 Å². The van der Waals surface area contributed by atoms with Crippen molar-refractivity contribution in [2.75, 3.05) is 5.75 Å². The lowest BCUT2D eigenvalue weighted by atomic mass is 10.0. The van der Waals surface area contributed by atoms with E-state index in [1.165, 1.54) is 0 Å². The van der Waals surface area contributed by atoms with Crippen molar-refractivity contribution >= 4 is 26.7 Å². The molecule has 1 aliphatic carbocycles. The Hall–Kier alpha value is -0.870. The molecule has 1 aromatic carbocycles. The van der Waals surface area contributed by atoms with Crippen LogP contribution in [0.1, 0.15) is 41.3 Å². The van der Waals surface area contributed by atoms with E-state index in [1.807, 2.05) is 6.92 Å². The van der Waals surface area contributed by atoms with Crippen molar-refractivity contribution in [2.24, 2.45) is 5.92 Å². The standard InChI is InChI=1S/C14H17ClO3S/c1-3-11-6-7-12(14(15)16)9(2)13(11)19(17,18)8-10-4-5-10/h6-7,10H,3-5,8H2,1-2H3. The van der Waals surface area contributed by atoms with Crippen LogP contribution in [0.3, 0.4) is 0 Å². The highest BCUT2D eigenvalue weighted by molar-refractivity contribution is 7.91. The molecule has 0 N–H and O–H groups in total. The monoisotopic (exact) mass is 300 g/mol. The molecule has 0 aromatic heterocycles. The lowest BCUT2D eigenvalue weighted by Crippen LogP contribution is -2.14. The third kappa shape index (κ3) is 3.00. The number of halogens is 1. The third-order valence-electron chi connectivity index (χ3n) is 3.54. The number of hydrogen-bond acceptors (Lipinski definition) is 3. The SMILES string of the molecule is CCc1ccc(C(=O)Cl)c(C)c1S(=O)(=O)CC1CC1. The highest BCUT2D eigenvalue weighted by Crippen LogP contribution is 2.34. The van der Waals surface area contributed by atoms with Crippen LogP contribution in [0.15, 0.2) is 17.0 Å². The molecule has 0 unspecified atom stereocenters. The molecule has 0 aliphatic heterocycles. The number of hydrogen-bond donors (Lipinski definition) is 0. The largest absolute Gasteiger partial charge is 0.276 e. The minimum atomic E-state index is -3.34. The Kier molecular flexibility index (Phi) is 4.02. The number of rotatable bonds is 5. The average molecular weight is 301 g/mol. The molecule has 3 nitrogen and oxygen atoms in total. The lowest BCUT2D eigenvalue weighted by molar-refractivity contribution is 0.108. The second-order valence-electron chi connectivity index (χ2n) is 5.08. The summed E-state index contributed by atoms with van der Waals surface area (Å²) in [4.78, 5) is 11.7. The second-order valence-corrected chi connectivity index (χ2v) is 7.39. The fraction of sp³-hybridized carbons (Fsp3) is 0.500. The van der Waals surface area contributed by atoms with E-state index >= 15 is 0 Å². The summed E-state index contributed by atoms with van der Waals surface area (Å²) in [5, 5.41) is -0.608. The minimum Gasteiger partial charge on any atom is -0.276 e.